The van der Waals surface area contributed by atoms with E-state index < -0.39 is 6.10 Å². The molecule has 3 nitrogen and oxygen atoms in total. The first-order valence-corrected chi connectivity index (χ1v) is 8.14. The predicted octanol–water partition coefficient (Wildman–Crippen LogP) is 4.57. The Bertz CT molecular complexity index is 792. The van der Waals surface area contributed by atoms with Crippen molar-refractivity contribution in [3.63, 3.8) is 0 Å². The molecule has 1 aromatic heterocycles. The maximum Gasteiger partial charge on any atom is 0.135 e. The topological polar surface area (TPSA) is 45.4 Å². The van der Waals surface area contributed by atoms with Gasteiger partial charge in [0.2, 0.25) is 0 Å². The molecular formula is C19H22ClNO2. The predicted molar refractivity (Wildman–Crippen MR) is 96.2 cm³/mol. The molecule has 23 heavy (non-hydrogen) atoms. The van der Waals surface area contributed by atoms with Crippen molar-refractivity contribution < 1.29 is 9.52 Å². The molecule has 0 bridgehead atoms. The van der Waals surface area contributed by atoms with Gasteiger partial charge in [-0.25, -0.2) is 0 Å². The smallest absolute Gasteiger partial charge is 0.135 e. The van der Waals surface area contributed by atoms with Crippen LogP contribution in [-0.4, -0.2) is 17.7 Å². The van der Waals surface area contributed by atoms with Gasteiger partial charge in [-0.3, -0.25) is 0 Å². The number of halogens is 1. The SMILES string of the molecule is Cl.OC(CC1CCCCN1)c1ccc2c(c1)oc1ccccc12. The Balaban J connectivity index is 0.00000156. The monoisotopic (exact) mass is 331 g/mol. The van der Waals surface area contributed by atoms with Crippen molar-refractivity contribution in [3.05, 3.63) is 48.0 Å². The zero-order valence-corrected chi connectivity index (χ0v) is 13.8. The molecule has 1 fully saturated rings. The van der Waals surface area contributed by atoms with E-state index in [4.69, 9.17) is 4.42 Å². The maximum atomic E-state index is 10.5. The van der Waals surface area contributed by atoms with E-state index in [-0.39, 0.29) is 12.4 Å². The number of fused-ring (bicyclic) bond motifs is 3. The number of benzene rings is 2. The number of rotatable bonds is 3. The summed E-state index contributed by atoms with van der Waals surface area (Å²) >= 11 is 0. The van der Waals surface area contributed by atoms with E-state index in [0.29, 0.717) is 6.04 Å². The molecule has 1 aliphatic rings. The first kappa shape index (κ1) is 16.3. The molecule has 1 aliphatic heterocycles. The van der Waals surface area contributed by atoms with Gasteiger partial charge < -0.3 is 14.8 Å². The number of hydrogen-bond acceptors (Lipinski definition) is 3. The summed E-state index contributed by atoms with van der Waals surface area (Å²) < 4.78 is 5.91. The van der Waals surface area contributed by atoms with Gasteiger partial charge in [0.05, 0.1) is 6.10 Å². The van der Waals surface area contributed by atoms with Gasteiger partial charge in [-0.15, -0.1) is 12.4 Å². The Morgan fingerprint density at radius 3 is 2.74 bits per heavy atom. The molecule has 4 heteroatoms. The van der Waals surface area contributed by atoms with Gasteiger partial charge in [0, 0.05) is 16.8 Å². The number of furan rings is 1. The highest BCUT2D eigenvalue weighted by molar-refractivity contribution is 6.04. The van der Waals surface area contributed by atoms with Crippen LogP contribution >= 0.6 is 12.4 Å². The van der Waals surface area contributed by atoms with E-state index in [1.54, 1.807) is 0 Å². The highest BCUT2D eigenvalue weighted by Gasteiger charge is 2.19. The van der Waals surface area contributed by atoms with Crippen LogP contribution in [0, 0.1) is 0 Å². The number of aliphatic hydroxyl groups is 1. The minimum atomic E-state index is -0.437. The van der Waals surface area contributed by atoms with Gasteiger partial charge in [0.25, 0.3) is 0 Å². The van der Waals surface area contributed by atoms with E-state index in [0.717, 1.165) is 46.9 Å². The molecular weight excluding hydrogens is 310 g/mol. The number of aliphatic hydroxyl groups excluding tert-OH is 1. The van der Waals surface area contributed by atoms with Crippen LogP contribution in [0.15, 0.2) is 46.9 Å². The summed E-state index contributed by atoms with van der Waals surface area (Å²) in [6.45, 7) is 1.07. The van der Waals surface area contributed by atoms with E-state index in [1.807, 2.05) is 30.3 Å². The van der Waals surface area contributed by atoms with E-state index in [1.165, 1.54) is 12.8 Å². The molecule has 2 heterocycles. The second-order valence-corrected chi connectivity index (χ2v) is 6.25. The zero-order chi connectivity index (χ0) is 14.9. The molecule has 122 valence electrons. The summed E-state index contributed by atoms with van der Waals surface area (Å²) in [6, 6.07) is 14.6. The lowest BCUT2D eigenvalue weighted by Gasteiger charge is -2.25. The van der Waals surface area contributed by atoms with E-state index in [2.05, 4.69) is 17.4 Å². The third-order valence-electron chi connectivity index (χ3n) is 4.71. The number of para-hydroxylation sites is 1. The molecule has 0 spiro atoms. The molecule has 1 saturated heterocycles. The Labute approximate surface area is 142 Å². The first-order chi connectivity index (χ1) is 10.8. The summed E-state index contributed by atoms with van der Waals surface area (Å²) in [5, 5.41) is 16.3. The van der Waals surface area contributed by atoms with Gasteiger partial charge in [0.1, 0.15) is 11.2 Å². The van der Waals surface area contributed by atoms with Crippen LogP contribution in [0.25, 0.3) is 21.9 Å². The Morgan fingerprint density at radius 1 is 1.09 bits per heavy atom. The summed E-state index contributed by atoms with van der Waals surface area (Å²) in [7, 11) is 0. The average molecular weight is 332 g/mol. The van der Waals surface area contributed by atoms with E-state index in [9.17, 15) is 5.11 Å². The molecule has 0 saturated carbocycles. The molecule has 0 amide bonds. The molecule has 2 aromatic carbocycles. The summed E-state index contributed by atoms with van der Waals surface area (Å²) in [5.41, 5.74) is 2.70. The zero-order valence-electron chi connectivity index (χ0n) is 13.0. The van der Waals surface area contributed by atoms with Crippen LogP contribution in [0.2, 0.25) is 0 Å². The van der Waals surface area contributed by atoms with Crippen molar-refractivity contribution in [3.8, 4) is 0 Å². The third-order valence-corrected chi connectivity index (χ3v) is 4.71. The lowest BCUT2D eigenvalue weighted by Crippen LogP contribution is -2.35. The van der Waals surface area contributed by atoms with Crippen LogP contribution in [0.1, 0.15) is 37.4 Å². The fourth-order valence-corrected chi connectivity index (χ4v) is 3.48. The summed E-state index contributed by atoms with van der Waals surface area (Å²) in [4.78, 5) is 0. The van der Waals surface area contributed by atoms with Crippen molar-refractivity contribution in [2.24, 2.45) is 0 Å². The molecule has 4 rings (SSSR count). The van der Waals surface area contributed by atoms with E-state index >= 15 is 0 Å². The Morgan fingerprint density at radius 2 is 1.91 bits per heavy atom. The van der Waals surface area contributed by atoms with Crippen LogP contribution < -0.4 is 5.32 Å². The fraction of sp³-hybridized carbons (Fsp3) is 0.368. The maximum absolute atomic E-state index is 10.5. The van der Waals surface area contributed by atoms with Crippen LogP contribution in [0.5, 0.6) is 0 Å². The Hall–Kier alpha value is -1.55. The van der Waals surface area contributed by atoms with Gasteiger partial charge in [-0.1, -0.05) is 36.8 Å². The Kier molecular flexibility index (Phi) is 4.90. The van der Waals surface area contributed by atoms with Crippen LogP contribution in [-0.2, 0) is 0 Å². The molecule has 3 aromatic rings. The fourth-order valence-electron chi connectivity index (χ4n) is 3.48. The van der Waals surface area contributed by atoms with Gasteiger partial charge in [-0.2, -0.15) is 0 Å². The molecule has 0 radical (unpaired) electrons. The first-order valence-electron chi connectivity index (χ1n) is 8.14. The van der Waals surface area contributed by atoms with Crippen LogP contribution in [0.4, 0.5) is 0 Å². The van der Waals surface area contributed by atoms with Crippen molar-refractivity contribution in [1.82, 2.24) is 5.32 Å². The van der Waals surface area contributed by atoms with Crippen molar-refractivity contribution >= 4 is 34.3 Å². The number of nitrogens with one attached hydrogen (secondary N) is 1. The average Bonchev–Trinajstić information content (AvgIpc) is 2.93. The third kappa shape index (κ3) is 3.23. The summed E-state index contributed by atoms with van der Waals surface area (Å²) in [5.74, 6) is 0. The summed E-state index contributed by atoms with van der Waals surface area (Å²) in [6.07, 6.45) is 3.99. The van der Waals surface area contributed by atoms with Gasteiger partial charge in [0.15, 0.2) is 0 Å². The standard InChI is InChI=1S/C19H21NO2.ClH/c21-17(12-14-5-3-4-10-20-14)13-8-9-16-15-6-1-2-7-18(15)22-19(16)11-13;/h1-2,6-9,11,14,17,20-21H,3-5,10,12H2;1H. The van der Waals surface area contributed by atoms with Gasteiger partial charge in [-0.05, 0) is 43.5 Å². The quantitative estimate of drug-likeness (QED) is 0.738. The van der Waals surface area contributed by atoms with Crippen molar-refractivity contribution in [2.75, 3.05) is 6.54 Å². The lowest BCUT2D eigenvalue weighted by atomic mass is 9.95. The molecule has 0 aliphatic carbocycles. The van der Waals surface area contributed by atoms with Crippen molar-refractivity contribution in [1.29, 1.82) is 0 Å². The second kappa shape index (κ2) is 6.91. The van der Waals surface area contributed by atoms with Crippen LogP contribution in [0.3, 0.4) is 0 Å². The van der Waals surface area contributed by atoms with Crippen molar-refractivity contribution in [2.45, 2.75) is 37.8 Å². The minimum Gasteiger partial charge on any atom is -0.456 e. The van der Waals surface area contributed by atoms with Gasteiger partial charge >= 0.3 is 0 Å². The molecule has 2 unspecified atom stereocenters. The lowest BCUT2D eigenvalue weighted by molar-refractivity contribution is 0.144. The highest BCUT2D eigenvalue weighted by Crippen LogP contribution is 2.31. The molecule has 2 N–H and O–H groups in total. The molecule has 2 atom stereocenters. The number of piperidine rings is 1. The normalized spacial score (nSPS) is 19.6. The second-order valence-electron chi connectivity index (χ2n) is 6.25. The number of hydrogen-bond donors (Lipinski definition) is 2. The largest absolute Gasteiger partial charge is 0.456 e. The highest BCUT2D eigenvalue weighted by atomic mass is 35.5. The minimum absolute atomic E-state index is 0.